The molecule has 1 atom stereocenters. The van der Waals surface area contributed by atoms with Gasteiger partial charge in [-0.2, -0.15) is 4.57 Å². The number of fused-ring (bicyclic) bond motifs is 1. The van der Waals surface area contributed by atoms with Crippen LogP contribution in [0, 0.1) is 0 Å². The molecule has 1 heterocycles. The Kier molecular flexibility index (Phi) is 5.82. The van der Waals surface area contributed by atoms with Gasteiger partial charge in [-0.3, -0.25) is 4.79 Å². The van der Waals surface area contributed by atoms with Crippen LogP contribution < -0.4 is 21.5 Å². The molecule has 0 aliphatic rings. The SMILES string of the molecule is CC(C(=O)c1ccc(-c2ccccc2)cc1)[n+]1ccc2ccccc2c1.[Br-]. The summed E-state index contributed by atoms with van der Waals surface area (Å²) in [5, 5.41) is 2.31. The summed E-state index contributed by atoms with van der Waals surface area (Å²) in [6.07, 6.45) is 4.01. The van der Waals surface area contributed by atoms with Gasteiger partial charge in [0.15, 0.2) is 12.4 Å². The summed E-state index contributed by atoms with van der Waals surface area (Å²) in [5.74, 6) is 0.116. The van der Waals surface area contributed by atoms with E-state index in [0.29, 0.717) is 0 Å². The van der Waals surface area contributed by atoms with Gasteiger partial charge in [-0.1, -0.05) is 72.8 Å². The smallest absolute Gasteiger partial charge is 0.230 e. The summed E-state index contributed by atoms with van der Waals surface area (Å²) >= 11 is 0. The first kappa shape index (κ1) is 19.0. The summed E-state index contributed by atoms with van der Waals surface area (Å²) in [6, 6.07) is 28.0. The van der Waals surface area contributed by atoms with Crippen molar-refractivity contribution in [2.45, 2.75) is 13.0 Å². The maximum atomic E-state index is 12.9. The van der Waals surface area contributed by atoms with E-state index in [1.807, 2.05) is 78.5 Å². The Balaban J connectivity index is 0.00000210. The lowest BCUT2D eigenvalue weighted by Gasteiger charge is -2.08. The molecule has 1 unspecified atom stereocenters. The summed E-state index contributed by atoms with van der Waals surface area (Å²) in [5.41, 5.74) is 3.01. The highest BCUT2D eigenvalue weighted by molar-refractivity contribution is 5.98. The van der Waals surface area contributed by atoms with Crippen LogP contribution in [-0.2, 0) is 0 Å². The van der Waals surface area contributed by atoms with Gasteiger partial charge in [-0.05, 0) is 22.6 Å². The van der Waals surface area contributed by atoms with Gasteiger partial charge >= 0.3 is 0 Å². The van der Waals surface area contributed by atoms with Gasteiger partial charge in [-0.15, -0.1) is 0 Å². The molecule has 0 amide bonds. The number of carbonyl (C=O) groups excluding carboxylic acids is 1. The minimum atomic E-state index is -0.248. The molecule has 2 nitrogen and oxygen atoms in total. The van der Waals surface area contributed by atoms with Gasteiger partial charge in [0.2, 0.25) is 11.8 Å². The van der Waals surface area contributed by atoms with Crippen molar-refractivity contribution >= 4 is 16.6 Å². The molecule has 0 bridgehead atoms. The van der Waals surface area contributed by atoms with Gasteiger partial charge in [0.05, 0.1) is 0 Å². The average molecular weight is 418 g/mol. The zero-order chi connectivity index (χ0) is 17.9. The normalized spacial score (nSPS) is 11.6. The molecular weight excluding hydrogens is 398 g/mol. The van der Waals surface area contributed by atoms with Crippen molar-refractivity contribution in [3.8, 4) is 11.1 Å². The first-order valence-electron chi connectivity index (χ1n) is 8.81. The second-order valence-electron chi connectivity index (χ2n) is 6.50. The van der Waals surface area contributed by atoms with Crippen LogP contribution in [0.4, 0.5) is 0 Å². The molecule has 3 aromatic carbocycles. The predicted molar refractivity (Wildman–Crippen MR) is 105 cm³/mol. The van der Waals surface area contributed by atoms with Crippen molar-refractivity contribution in [1.82, 2.24) is 0 Å². The van der Waals surface area contributed by atoms with Gasteiger partial charge < -0.3 is 17.0 Å². The molecule has 0 N–H and O–H groups in total. The van der Waals surface area contributed by atoms with E-state index in [1.165, 1.54) is 5.39 Å². The van der Waals surface area contributed by atoms with Crippen molar-refractivity contribution in [2.24, 2.45) is 0 Å². The second-order valence-corrected chi connectivity index (χ2v) is 6.50. The summed E-state index contributed by atoms with van der Waals surface area (Å²) in [7, 11) is 0. The Morgan fingerprint density at radius 1 is 0.741 bits per heavy atom. The third-order valence-electron chi connectivity index (χ3n) is 4.81. The van der Waals surface area contributed by atoms with E-state index < -0.39 is 0 Å². The molecule has 4 rings (SSSR count). The molecule has 0 spiro atoms. The number of hydrogen-bond acceptors (Lipinski definition) is 1. The Morgan fingerprint density at radius 3 is 2.04 bits per heavy atom. The van der Waals surface area contributed by atoms with Crippen LogP contribution in [-0.4, -0.2) is 5.78 Å². The summed E-state index contributed by atoms with van der Waals surface area (Å²) in [6.45, 7) is 1.95. The second kappa shape index (κ2) is 8.28. The quantitative estimate of drug-likeness (QED) is 0.368. The molecule has 134 valence electrons. The number of ketones is 1. The Morgan fingerprint density at radius 2 is 1.33 bits per heavy atom. The van der Waals surface area contributed by atoms with E-state index in [0.717, 1.165) is 22.1 Å². The lowest BCUT2D eigenvalue weighted by atomic mass is 10.00. The molecule has 0 aliphatic carbocycles. The molecule has 4 aromatic rings. The van der Waals surface area contributed by atoms with Crippen molar-refractivity contribution in [3.63, 3.8) is 0 Å². The predicted octanol–water partition coefficient (Wildman–Crippen LogP) is 2.24. The monoisotopic (exact) mass is 417 g/mol. The molecule has 0 saturated carbocycles. The van der Waals surface area contributed by atoms with Crippen LogP contribution in [0.3, 0.4) is 0 Å². The van der Waals surface area contributed by atoms with Crippen LogP contribution in [0.1, 0.15) is 23.3 Å². The number of rotatable bonds is 4. The number of aromatic nitrogens is 1. The number of nitrogens with zero attached hydrogens (tertiary/aromatic N) is 1. The third-order valence-corrected chi connectivity index (χ3v) is 4.81. The highest BCUT2D eigenvalue weighted by Crippen LogP contribution is 2.20. The van der Waals surface area contributed by atoms with Gasteiger partial charge in [-0.25, -0.2) is 0 Å². The standard InChI is InChI=1S/C24H20NO.BrH/c1-18(25-16-15-20-9-5-6-10-23(20)17-25)24(26)22-13-11-21(12-14-22)19-7-3-2-4-8-19;/h2-18H,1H3;1H/q+1;/p-1. The third kappa shape index (κ3) is 3.99. The molecule has 0 fully saturated rings. The number of halogens is 1. The molecule has 1 aromatic heterocycles. The van der Waals surface area contributed by atoms with Gasteiger partial charge in [0.1, 0.15) is 0 Å². The van der Waals surface area contributed by atoms with Crippen LogP contribution >= 0.6 is 0 Å². The van der Waals surface area contributed by atoms with E-state index >= 15 is 0 Å². The first-order chi connectivity index (χ1) is 12.7. The first-order valence-corrected chi connectivity index (χ1v) is 8.81. The zero-order valence-electron chi connectivity index (χ0n) is 15.0. The highest BCUT2D eigenvalue weighted by Gasteiger charge is 2.23. The van der Waals surface area contributed by atoms with Crippen molar-refractivity contribution in [2.75, 3.05) is 0 Å². The van der Waals surface area contributed by atoms with E-state index in [4.69, 9.17) is 0 Å². The number of carbonyl (C=O) groups is 1. The molecule has 3 heteroatoms. The molecular formula is C24H20BrNO. The zero-order valence-corrected chi connectivity index (χ0v) is 16.6. The maximum absolute atomic E-state index is 12.9. The summed E-state index contributed by atoms with van der Waals surface area (Å²) in [4.78, 5) is 12.9. The van der Waals surface area contributed by atoms with Crippen LogP contribution in [0.5, 0.6) is 0 Å². The van der Waals surface area contributed by atoms with Crippen molar-refractivity contribution in [3.05, 3.63) is 103 Å². The number of hydrogen-bond donors (Lipinski definition) is 0. The largest absolute Gasteiger partial charge is 1.00 e. The molecule has 0 radical (unpaired) electrons. The van der Waals surface area contributed by atoms with E-state index in [2.05, 4.69) is 30.3 Å². The maximum Gasteiger partial charge on any atom is 0.230 e. The van der Waals surface area contributed by atoms with Gasteiger partial charge in [0, 0.05) is 23.9 Å². The average Bonchev–Trinajstić information content (AvgIpc) is 2.73. The Hall–Kier alpha value is -2.78. The molecule has 0 aliphatic heterocycles. The number of Topliss-reactive ketones (excluding diaryl/α,β-unsaturated/α-hetero) is 1. The van der Waals surface area contributed by atoms with Crippen molar-refractivity contribution in [1.29, 1.82) is 0 Å². The fourth-order valence-corrected chi connectivity index (χ4v) is 3.23. The summed E-state index contributed by atoms with van der Waals surface area (Å²) < 4.78 is 1.98. The van der Waals surface area contributed by atoms with E-state index in [9.17, 15) is 4.79 Å². The lowest BCUT2D eigenvalue weighted by Crippen LogP contribution is -3.00. The van der Waals surface area contributed by atoms with Gasteiger partial charge in [0.25, 0.3) is 0 Å². The Bertz CT molecular complexity index is 1060. The molecule has 27 heavy (non-hydrogen) atoms. The highest BCUT2D eigenvalue weighted by atomic mass is 79.9. The number of benzene rings is 3. The fraction of sp³-hybridized carbons (Fsp3) is 0.0833. The van der Waals surface area contributed by atoms with Crippen LogP contribution in [0.25, 0.3) is 21.9 Å². The Labute approximate surface area is 169 Å². The molecule has 0 saturated heterocycles. The number of pyridine rings is 1. The fourth-order valence-electron chi connectivity index (χ4n) is 3.23. The van der Waals surface area contributed by atoms with Crippen LogP contribution in [0.2, 0.25) is 0 Å². The van der Waals surface area contributed by atoms with E-state index in [1.54, 1.807) is 0 Å². The van der Waals surface area contributed by atoms with E-state index in [-0.39, 0.29) is 28.8 Å². The minimum Gasteiger partial charge on any atom is -1.00 e. The van der Waals surface area contributed by atoms with Crippen LogP contribution in [0.15, 0.2) is 97.3 Å². The van der Waals surface area contributed by atoms with Crippen molar-refractivity contribution < 1.29 is 26.3 Å². The minimum absolute atomic E-state index is 0. The lowest BCUT2D eigenvalue weighted by molar-refractivity contribution is -0.703. The topological polar surface area (TPSA) is 20.9 Å².